The third-order valence-corrected chi connectivity index (χ3v) is 2.25. The number of ketones is 1. The number of hydrogen-bond acceptors (Lipinski definition) is 4. The van der Waals surface area contributed by atoms with Gasteiger partial charge in [0.25, 0.3) is 0 Å². The normalized spacial score (nSPS) is 10.1. The number of aromatic nitrogens is 2. The smallest absolute Gasteiger partial charge is 0.305 e. The molecule has 1 aromatic heterocycles. The molecular formula is C11H16N2O3. The van der Waals surface area contributed by atoms with Crippen molar-refractivity contribution < 1.29 is 14.3 Å². The van der Waals surface area contributed by atoms with Crippen molar-refractivity contribution in [1.82, 2.24) is 9.55 Å². The molecule has 0 saturated carbocycles. The molecule has 16 heavy (non-hydrogen) atoms. The minimum atomic E-state index is -0.366. The second-order valence-electron chi connectivity index (χ2n) is 3.47. The van der Waals surface area contributed by atoms with Crippen molar-refractivity contribution in [2.75, 3.05) is 7.11 Å². The van der Waals surface area contributed by atoms with Crippen molar-refractivity contribution in [3.05, 3.63) is 18.2 Å². The summed E-state index contributed by atoms with van der Waals surface area (Å²) in [6, 6.07) is 0. The lowest BCUT2D eigenvalue weighted by atomic mass is 10.2. The zero-order valence-corrected chi connectivity index (χ0v) is 9.60. The second-order valence-corrected chi connectivity index (χ2v) is 3.47. The molecular weight excluding hydrogens is 208 g/mol. The van der Waals surface area contributed by atoms with Gasteiger partial charge in [0.05, 0.1) is 26.1 Å². The van der Waals surface area contributed by atoms with Gasteiger partial charge < -0.3 is 9.30 Å². The quantitative estimate of drug-likeness (QED) is 0.541. The Morgan fingerprint density at radius 1 is 1.44 bits per heavy atom. The minimum Gasteiger partial charge on any atom is -0.469 e. The molecule has 0 aromatic carbocycles. The highest BCUT2D eigenvalue weighted by molar-refractivity contribution is 5.95. The predicted octanol–water partition coefficient (Wildman–Crippen LogP) is 1.43. The van der Waals surface area contributed by atoms with Crippen LogP contribution in [0.2, 0.25) is 0 Å². The summed E-state index contributed by atoms with van der Waals surface area (Å²) in [6.45, 7) is 2.79. The standard InChI is InChI=1S/C11H16N2O3/c1-3-6-13-8-12-7-9(13)10(14)4-5-11(15)16-2/h7-8H,3-6H2,1-2H3. The Hall–Kier alpha value is -1.65. The highest BCUT2D eigenvalue weighted by Gasteiger charge is 2.13. The maximum atomic E-state index is 11.8. The van der Waals surface area contributed by atoms with Gasteiger partial charge in [0, 0.05) is 13.0 Å². The van der Waals surface area contributed by atoms with E-state index in [0.717, 1.165) is 13.0 Å². The molecule has 0 amide bonds. The second kappa shape index (κ2) is 6.05. The Labute approximate surface area is 94.4 Å². The fourth-order valence-electron chi connectivity index (χ4n) is 1.42. The van der Waals surface area contributed by atoms with Crippen molar-refractivity contribution in [2.45, 2.75) is 32.7 Å². The molecule has 0 fully saturated rings. The molecule has 0 N–H and O–H groups in total. The molecule has 0 atom stereocenters. The summed E-state index contributed by atoms with van der Waals surface area (Å²) in [5, 5.41) is 0. The highest BCUT2D eigenvalue weighted by atomic mass is 16.5. The number of carbonyl (C=O) groups is 2. The maximum absolute atomic E-state index is 11.8. The molecule has 0 aliphatic carbocycles. The van der Waals surface area contributed by atoms with Gasteiger partial charge in [-0.05, 0) is 6.42 Å². The number of carbonyl (C=O) groups excluding carboxylic acids is 2. The summed E-state index contributed by atoms with van der Waals surface area (Å²) in [4.78, 5) is 26.6. The Kier molecular flexibility index (Phi) is 4.69. The van der Waals surface area contributed by atoms with Crippen molar-refractivity contribution in [1.29, 1.82) is 0 Å². The van der Waals surface area contributed by atoms with E-state index < -0.39 is 0 Å². The van der Waals surface area contributed by atoms with Gasteiger partial charge >= 0.3 is 5.97 Å². The molecule has 5 nitrogen and oxygen atoms in total. The summed E-state index contributed by atoms with van der Waals surface area (Å²) in [5.74, 6) is -0.439. The van der Waals surface area contributed by atoms with Crippen LogP contribution in [-0.2, 0) is 16.1 Å². The minimum absolute atomic E-state index is 0.0728. The molecule has 5 heteroatoms. The first kappa shape index (κ1) is 12.4. The maximum Gasteiger partial charge on any atom is 0.305 e. The lowest BCUT2D eigenvalue weighted by Crippen LogP contribution is -2.11. The van der Waals surface area contributed by atoms with Crippen LogP contribution in [0.4, 0.5) is 0 Å². The first-order valence-electron chi connectivity index (χ1n) is 5.29. The number of ether oxygens (including phenoxy) is 1. The first-order valence-corrected chi connectivity index (χ1v) is 5.29. The monoisotopic (exact) mass is 224 g/mol. The zero-order valence-electron chi connectivity index (χ0n) is 9.60. The highest BCUT2D eigenvalue weighted by Crippen LogP contribution is 2.06. The molecule has 0 saturated heterocycles. The van der Waals surface area contributed by atoms with Crippen LogP contribution >= 0.6 is 0 Å². The van der Waals surface area contributed by atoms with Gasteiger partial charge in [-0.15, -0.1) is 0 Å². The van der Waals surface area contributed by atoms with E-state index in [9.17, 15) is 9.59 Å². The van der Waals surface area contributed by atoms with Crippen molar-refractivity contribution in [3.8, 4) is 0 Å². The lowest BCUT2D eigenvalue weighted by Gasteiger charge is -2.04. The van der Waals surface area contributed by atoms with E-state index in [1.54, 1.807) is 10.9 Å². The van der Waals surface area contributed by atoms with Crippen LogP contribution in [0, 0.1) is 0 Å². The fraction of sp³-hybridized carbons (Fsp3) is 0.545. The van der Waals surface area contributed by atoms with Gasteiger partial charge in [-0.3, -0.25) is 9.59 Å². The molecule has 0 bridgehead atoms. The van der Waals surface area contributed by atoms with Gasteiger partial charge in [0.15, 0.2) is 5.78 Å². The molecule has 1 rings (SSSR count). The summed E-state index contributed by atoms with van der Waals surface area (Å²) in [7, 11) is 1.31. The number of imidazole rings is 1. The topological polar surface area (TPSA) is 61.2 Å². The summed E-state index contributed by atoms with van der Waals surface area (Å²) < 4.78 is 6.29. The van der Waals surface area contributed by atoms with Crippen LogP contribution in [-0.4, -0.2) is 28.4 Å². The molecule has 0 radical (unpaired) electrons. The van der Waals surface area contributed by atoms with E-state index >= 15 is 0 Å². The lowest BCUT2D eigenvalue weighted by molar-refractivity contribution is -0.140. The Bertz CT molecular complexity index is 371. The Morgan fingerprint density at radius 3 is 2.81 bits per heavy atom. The van der Waals surface area contributed by atoms with Crippen molar-refractivity contribution in [2.24, 2.45) is 0 Å². The van der Waals surface area contributed by atoms with Crippen LogP contribution in [0.1, 0.15) is 36.7 Å². The van der Waals surface area contributed by atoms with E-state index in [-0.39, 0.29) is 24.6 Å². The number of nitrogens with zero attached hydrogens (tertiary/aromatic N) is 2. The van der Waals surface area contributed by atoms with Crippen LogP contribution in [0.5, 0.6) is 0 Å². The Morgan fingerprint density at radius 2 is 2.19 bits per heavy atom. The van der Waals surface area contributed by atoms with Crippen LogP contribution in [0.25, 0.3) is 0 Å². The number of methoxy groups -OCH3 is 1. The zero-order chi connectivity index (χ0) is 12.0. The summed E-state index contributed by atoms with van der Waals surface area (Å²) in [5.41, 5.74) is 0.561. The molecule has 88 valence electrons. The van der Waals surface area contributed by atoms with E-state index in [2.05, 4.69) is 9.72 Å². The predicted molar refractivity (Wildman–Crippen MR) is 58.1 cm³/mol. The van der Waals surface area contributed by atoms with Crippen LogP contribution in [0.3, 0.4) is 0 Å². The van der Waals surface area contributed by atoms with Gasteiger partial charge in [-0.25, -0.2) is 4.98 Å². The largest absolute Gasteiger partial charge is 0.469 e. The average Bonchev–Trinajstić information content (AvgIpc) is 2.74. The van der Waals surface area contributed by atoms with Crippen molar-refractivity contribution >= 4 is 11.8 Å². The molecule has 0 unspecified atom stereocenters. The Balaban J connectivity index is 2.58. The molecule has 0 spiro atoms. The molecule has 1 heterocycles. The average molecular weight is 224 g/mol. The summed E-state index contributed by atoms with van der Waals surface area (Å²) >= 11 is 0. The number of hydrogen-bond donors (Lipinski definition) is 0. The number of rotatable bonds is 6. The van der Waals surface area contributed by atoms with Crippen LogP contribution in [0.15, 0.2) is 12.5 Å². The first-order chi connectivity index (χ1) is 7.69. The SMILES string of the molecule is CCCn1cncc1C(=O)CCC(=O)OC. The number of aryl methyl sites for hydroxylation is 1. The van der Waals surface area contributed by atoms with Gasteiger partial charge in [-0.2, -0.15) is 0 Å². The number of esters is 1. The van der Waals surface area contributed by atoms with E-state index in [1.165, 1.54) is 13.3 Å². The van der Waals surface area contributed by atoms with E-state index in [4.69, 9.17) is 0 Å². The third kappa shape index (κ3) is 3.18. The van der Waals surface area contributed by atoms with Gasteiger partial charge in [0.2, 0.25) is 0 Å². The third-order valence-electron chi connectivity index (χ3n) is 2.25. The van der Waals surface area contributed by atoms with E-state index in [1.807, 2.05) is 6.92 Å². The summed E-state index contributed by atoms with van der Waals surface area (Å²) in [6.07, 6.45) is 4.40. The van der Waals surface area contributed by atoms with Gasteiger partial charge in [0.1, 0.15) is 5.69 Å². The molecule has 0 aliphatic heterocycles. The molecule has 1 aromatic rings. The van der Waals surface area contributed by atoms with Gasteiger partial charge in [-0.1, -0.05) is 6.92 Å². The number of Topliss-reactive ketones (excluding diaryl/α,β-unsaturated/α-hetero) is 1. The molecule has 0 aliphatic rings. The fourth-order valence-corrected chi connectivity index (χ4v) is 1.42. The van der Waals surface area contributed by atoms with Crippen molar-refractivity contribution in [3.63, 3.8) is 0 Å². The van der Waals surface area contributed by atoms with Crippen LogP contribution < -0.4 is 0 Å². The van der Waals surface area contributed by atoms with E-state index in [0.29, 0.717) is 5.69 Å².